The maximum absolute atomic E-state index is 12.1. The Labute approximate surface area is 153 Å². The Bertz CT molecular complexity index is 400. The van der Waals surface area contributed by atoms with Crippen LogP contribution in [-0.2, 0) is 14.8 Å². The van der Waals surface area contributed by atoms with Crippen molar-refractivity contribution >= 4 is 15.9 Å². The van der Waals surface area contributed by atoms with Crippen LogP contribution in [0.25, 0.3) is 4.72 Å². The zero-order valence-electron chi connectivity index (χ0n) is 11.3. The minimum Gasteiger partial charge on any atom is -0.539 e. The van der Waals surface area contributed by atoms with Gasteiger partial charge in [-0.2, -0.15) is 13.2 Å². The topological polar surface area (TPSA) is 77.3 Å². The van der Waals surface area contributed by atoms with E-state index in [1.54, 1.807) is 6.92 Å². The third-order valence-corrected chi connectivity index (χ3v) is 3.21. The van der Waals surface area contributed by atoms with E-state index in [9.17, 15) is 26.4 Å². The molecule has 0 aliphatic carbocycles. The number of halogens is 3. The van der Waals surface area contributed by atoms with Gasteiger partial charge in [0.1, 0.15) is 0 Å². The first kappa shape index (κ1) is 22.1. The minimum absolute atomic E-state index is 0. The number of alkyl halides is 3. The van der Waals surface area contributed by atoms with Gasteiger partial charge in [0.25, 0.3) is 0 Å². The number of sulfonamides is 1. The summed E-state index contributed by atoms with van der Waals surface area (Å²) < 4.78 is 60.5. The van der Waals surface area contributed by atoms with E-state index >= 15 is 0 Å². The fraction of sp³-hybridized carbons (Fsp3) is 0.889. The molecule has 1 atom stereocenters. The summed E-state index contributed by atoms with van der Waals surface area (Å²) in [6.07, 6.45) is 0.891. The first-order chi connectivity index (χ1) is 7.93. The molecule has 0 aromatic rings. The molecule has 10 heteroatoms. The summed E-state index contributed by atoms with van der Waals surface area (Å²) >= 11 is 0. The molecule has 0 rings (SSSR count). The second-order valence-corrected chi connectivity index (χ2v) is 5.87. The van der Waals surface area contributed by atoms with Crippen molar-refractivity contribution in [3.8, 4) is 0 Å². The molecule has 1 amide bonds. The smallest absolute Gasteiger partial charge is 0.539 e. The molecule has 19 heavy (non-hydrogen) atoms. The van der Waals surface area contributed by atoms with Crippen LogP contribution < -0.4 is 56.7 Å². The van der Waals surface area contributed by atoms with E-state index in [1.807, 2.05) is 0 Å². The van der Waals surface area contributed by atoms with E-state index in [0.29, 0.717) is 12.8 Å². The molecule has 0 aliphatic heterocycles. The second-order valence-electron chi connectivity index (χ2n) is 4.20. The zero-order chi connectivity index (χ0) is 14.6. The van der Waals surface area contributed by atoms with Crippen LogP contribution in [0.1, 0.15) is 33.6 Å². The molecule has 108 valence electrons. The average Bonchev–Trinajstić information content (AvgIpc) is 2.12. The summed E-state index contributed by atoms with van der Waals surface area (Å²) in [7, 11) is -5.51. The molecule has 0 fully saturated rings. The van der Waals surface area contributed by atoms with Crippen LogP contribution in [-0.4, -0.2) is 31.9 Å². The van der Waals surface area contributed by atoms with Crippen LogP contribution in [0.2, 0.25) is 0 Å². The number of hydrogen-bond acceptors (Lipinski definition) is 3. The molecule has 0 heterocycles. The van der Waals surface area contributed by atoms with Crippen molar-refractivity contribution in [1.82, 2.24) is 5.32 Å². The summed E-state index contributed by atoms with van der Waals surface area (Å²) in [5, 5.41) is 2.42. The Kier molecular flexibility index (Phi) is 9.65. The Morgan fingerprint density at radius 3 is 2.11 bits per heavy atom. The Morgan fingerprint density at radius 2 is 1.79 bits per heavy atom. The number of nitrogens with one attached hydrogen (secondary N) is 1. The molecule has 1 unspecified atom stereocenters. The van der Waals surface area contributed by atoms with Crippen LogP contribution in [0.5, 0.6) is 0 Å². The Morgan fingerprint density at radius 1 is 1.32 bits per heavy atom. The van der Waals surface area contributed by atoms with Gasteiger partial charge in [-0.1, -0.05) is 13.3 Å². The van der Waals surface area contributed by atoms with Crippen LogP contribution in [0, 0.1) is 0 Å². The van der Waals surface area contributed by atoms with E-state index < -0.39 is 33.5 Å². The number of amides is 1. The summed E-state index contributed by atoms with van der Waals surface area (Å²) in [5.41, 5.74) is -6.50. The number of hydrogen-bond donors (Lipinski definition) is 1. The fourth-order valence-corrected chi connectivity index (χ4v) is 2.06. The summed E-state index contributed by atoms with van der Waals surface area (Å²) in [5.74, 6) is -0.453. The molecule has 0 saturated heterocycles. The van der Waals surface area contributed by atoms with Crippen molar-refractivity contribution in [1.29, 1.82) is 0 Å². The van der Waals surface area contributed by atoms with Crippen molar-refractivity contribution in [2.24, 2.45) is 0 Å². The van der Waals surface area contributed by atoms with E-state index in [2.05, 4.69) is 10.0 Å². The number of carbonyl (C=O) groups is 1. The SMILES string of the molecule is CCCC(C)(C[N-]S(=O)(=O)C(F)(F)F)NC(C)=O.[K+]. The number of carbonyl (C=O) groups excluding carboxylic acids is 1. The van der Waals surface area contributed by atoms with Crippen molar-refractivity contribution in [2.45, 2.75) is 44.7 Å². The zero-order valence-corrected chi connectivity index (χ0v) is 15.3. The predicted octanol–water partition coefficient (Wildman–Crippen LogP) is -1.09. The normalized spacial score (nSPS) is 15.3. The van der Waals surface area contributed by atoms with Gasteiger partial charge < -0.3 is 10.0 Å². The number of nitrogens with zero attached hydrogens (tertiary/aromatic N) is 1. The minimum atomic E-state index is -5.51. The van der Waals surface area contributed by atoms with Gasteiger partial charge in [0.05, 0.1) is 0 Å². The second kappa shape index (κ2) is 8.30. The molecule has 0 aromatic heterocycles. The van der Waals surface area contributed by atoms with Gasteiger partial charge in [0.15, 0.2) is 10.0 Å². The maximum atomic E-state index is 12.1. The van der Waals surface area contributed by atoms with E-state index in [4.69, 9.17) is 0 Å². The Balaban J connectivity index is 0. The van der Waals surface area contributed by atoms with Gasteiger partial charge in [-0.3, -0.25) is 4.79 Å². The summed E-state index contributed by atoms with van der Waals surface area (Å²) in [6, 6.07) is 0. The standard InChI is InChI=1S/C9H16F3N2O3S.K/c1-4-5-8(3,14-7(2)15)6-13-18(16,17)9(10,11)12;/h4-6H2,1-3H3,(H,14,15);/q-1;+1. The monoisotopic (exact) mass is 328 g/mol. The van der Waals surface area contributed by atoms with Gasteiger partial charge in [0, 0.05) is 12.5 Å². The van der Waals surface area contributed by atoms with Crippen LogP contribution in [0.3, 0.4) is 0 Å². The van der Waals surface area contributed by atoms with Crippen molar-refractivity contribution in [3.63, 3.8) is 0 Å². The fourth-order valence-electron chi connectivity index (χ4n) is 1.46. The van der Waals surface area contributed by atoms with Gasteiger partial charge in [-0.05, 0) is 13.3 Å². The van der Waals surface area contributed by atoms with Crippen LogP contribution in [0.15, 0.2) is 0 Å². The molecule has 0 aliphatic rings. The molecule has 1 N–H and O–H groups in total. The Hall–Kier alpha value is 0.806. The summed E-state index contributed by atoms with van der Waals surface area (Å²) in [4.78, 5) is 10.9. The third-order valence-electron chi connectivity index (χ3n) is 2.16. The summed E-state index contributed by atoms with van der Waals surface area (Å²) in [6.45, 7) is 3.78. The van der Waals surface area contributed by atoms with Gasteiger partial charge in [-0.15, -0.1) is 6.54 Å². The van der Waals surface area contributed by atoms with Crippen molar-refractivity contribution in [2.75, 3.05) is 6.54 Å². The molecular weight excluding hydrogens is 312 g/mol. The molecule has 0 aromatic carbocycles. The molecule has 0 spiro atoms. The molecule has 0 saturated carbocycles. The van der Waals surface area contributed by atoms with E-state index in [-0.39, 0.29) is 51.4 Å². The van der Waals surface area contributed by atoms with Gasteiger partial charge >= 0.3 is 56.9 Å². The molecule has 0 bridgehead atoms. The van der Waals surface area contributed by atoms with Crippen LogP contribution in [0.4, 0.5) is 13.2 Å². The quantitative estimate of drug-likeness (QED) is 0.629. The third kappa shape index (κ3) is 7.98. The van der Waals surface area contributed by atoms with E-state index in [0.717, 1.165) is 0 Å². The predicted molar refractivity (Wildman–Crippen MR) is 60.3 cm³/mol. The van der Waals surface area contributed by atoms with E-state index in [1.165, 1.54) is 13.8 Å². The van der Waals surface area contributed by atoms with Gasteiger partial charge in [0.2, 0.25) is 5.91 Å². The van der Waals surface area contributed by atoms with Crippen molar-refractivity contribution < 1.29 is 77.8 Å². The molecule has 5 nitrogen and oxygen atoms in total. The maximum Gasteiger partial charge on any atom is 1.00 e. The van der Waals surface area contributed by atoms with Crippen molar-refractivity contribution in [3.05, 3.63) is 4.72 Å². The molecular formula is C9H16F3KN2O3S. The first-order valence-corrected chi connectivity index (χ1v) is 6.66. The average molecular weight is 328 g/mol. The largest absolute Gasteiger partial charge is 1.00 e. The number of rotatable bonds is 6. The van der Waals surface area contributed by atoms with Gasteiger partial charge in [-0.25, -0.2) is 8.42 Å². The molecule has 0 radical (unpaired) electrons. The van der Waals surface area contributed by atoms with Crippen LogP contribution >= 0.6 is 0 Å². The first-order valence-electron chi connectivity index (χ1n) is 5.22.